The Kier molecular flexibility index (Phi) is 2.39. The van der Waals surface area contributed by atoms with E-state index in [9.17, 15) is 0 Å². The second-order valence-corrected chi connectivity index (χ2v) is 3.13. The van der Waals surface area contributed by atoms with Gasteiger partial charge in [-0.25, -0.2) is 0 Å². The van der Waals surface area contributed by atoms with Crippen LogP contribution in [0.25, 0.3) is 0 Å². The topological polar surface area (TPSA) is 78.1 Å². The zero-order valence-corrected chi connectivity index (χ0v) is 7.54. The number of aryl methyl sites for hydroxylation is 1. The molecular formula is C10H13N3. The third-order valence-corrected chi connectivity index (χ3v) is 1.80. The molecule has 0 spiro atoms. The number of rotatable bonds is 1. The largest absolute Gasteiger partial charge is 0.297 e. The molecule has 68 valence electrons. The Labute approximate surface area is 77.9 Å². The van der Waals surface area contributed by atoms with Gasteiger partial charge in [0.25, 0.3) is 0 Å². The van der Waals surface area contributed by atoms with Crippen LogP contribution in [0.1, 0.15) is 16.7 Å². The van der Waals surface area contributed by atoms with Crippen molar-refractivity contribution in [3.63, 3.8) is 0 Å². The summed E-state index contributed by atoms with van der Waals surface area (Å²) in [6, 6.07) is 5.48. The smallest absolute Gasteiger partial charge is 0.144 e. The number of hydrogen-bond donors (Lipinski definition) is 3. The fraction of sp³-hybridized carbons (Fsp3) is 0.200. The summed E-state index contributed by atoms with van der Waals surface area (Å²) in [4.78, 5) is 0. The van der Waals surface area contributed by atoms with Crippen LogP contribution in [0.4, 0.5) is 0 Å². The minimum atomic E-state index is -1.37. The van der Waals surface area contributed by atoms with Crippen LogP contribution in [-0.2, 0) is 5.79 Å². The predicted octanol–water partition coefficient (Wildman–Crippen LogP) is -0.0373. The van der Waals surface area contributed by atoms with Gasteiger partial charge in [0.2, 0.25) is 0 Å². The summed E-state index contributed by atoms with van der Waals surface area (Å²) < 4.78 is 0. The predicted molar refractivity (Wildman–Crippen MR) is 53.4 cm³/mol. The molecule has 3 heteroatoms. The molecule has 0 aliphatic carbocycles. The summed E-state index contributed by atoms with van der Waals surface area (Å²) in [6.07, 6.45) is 5.28. The first kappa shape index (κ1) is 9.75. The standard InChI is InChI=1S/C10H13N3/c1-3-8-5-4-7(2)6-9(8)10(11,12)13/h1,4-6H,11-13H2,2H3. The van der Waals surface area contributed by atoms with Gasteiger partial charge in [-0.05, 0) is 13.0 Å². The van der Waals surface area contributed by atoms with E-state index in [-0.39, 0.29) is 0 Å². The van der Waals surface area contributed by atoms with Crippen molar-refractivity contribution in [2.75, 3.05) is 0 Å². The number of benzene rings is 1. The van der Waals surface area contributed by atoms with E-state index in [0.29, 0.717) is 11.1 Å². The van der Waals surface area contributed by atoms with E-state index in [0.717, 1.165) is 5.56 Å². The molecule has 0 saturated carbocycles. The van der Waals surface area contributed by atoms with Crippen molar-refractivity contribution in [3.05, 3.63) is 34.9 Å². The fourth-order valence-corrected chi connectivity index (χ4v) is 1.14. The van der Waals surface area contributed by atoms with Gasteiger partial charge in [-0.1, -0.05) is 23.6 Å². The number of hydrogen-bond acceptors (Lipinski definition) is 3. The Balaban J connectivity index is 3.35. The highest BCUT2D eigenvalue weighted by Crippen LogP contribution is 2.15. The number of terminal acetylenes is 1. The van der Waals surface area contributed by atoms with Crippen molar-refractivity contribution in [3.8, 4) is 12.3 Å². The van der Waals surface area contributed by atoms with Gasteiger partial charge in [0.05, 0.1) is 0 Å². The Morgan fingerprint density at radius 3 is 2.38 bits per heavy atom. The Morgan fingerprint density at radius 2 is 1.92 bits per heavy atom. The Hall–Kier alpha value is -1.34. The minimum absolute atomic E-state index is 0.593. The quantitative estimate of drug-likeness (QED) is 0.414. The van der Waals surface area contributed by atoms with Gasteiger partial charge in [0.15, 0.2) is 0 Å². The van der Waals surface area contributed by atoms with Crippen molar-refractivity contribution in [1.29, 1.82) is 0 Å². The maximum Gasteiger partial charge on any atom is 0.144 e. The van der Waals surface area contributed by atoms with Crippen LogP contribution in [0, 0.1) is 19.3 Å². The van der Waals surface area contributed by atoms with Gasteiger partial charge < -0.3 is 0 Å². The highest BCUT2D eigenvalue weighted by Gasteiger charge is 2.18. The van der Waals surface area contributed by atoms with Crippen LogP contribution >= 0.6 is 0 Å². The normalized spacial score (nSPS) is 11.0. The molecule has 0 atom stereocenters. The molecule has 1 aromatic carbocycles. The van der Waals surface area contributed by atoms with Crippen molar-refractivity contribution in [2.45, 2.75) is 12.7 Å². The molecule has 3 nitrogen and oxygen atoms in total. The van der Waals surface area contributed by atoms with E-state index in [1.165, 1.54) is 0 Å². The van der Waals surface area contributed by atoms with E-state index >= 15 is 0 Å². The summed E-state index contributed by atoms with van der Waals surface area (Å²) in [5.41, 5.74) is 18.9. The van der Waals surface area contributed by atoms with Crippen LogP contribution in [0.3, 0.4) is 0 Å². The maximum absolute atomic E-state index is 5.56. The van der Waals surface area contributed by atoms with Crippen molar-refractivity contribution in [2.24, 2.45) is 17.2 Å². The molecule has 1 rings (SSSR count). The molecule has 0 radical (unpaired) electrons. The van der Waals surface area contributed by atoms with E-state index in [4.69, 9.17) is 23.6 Å². The van der Waals surface area contributed by atoms with Crippen molar-refractivity contribution >= 4 is 0 Å². The van der Waals surface area contributed by atoms with Crippen LogP contribution < -0.4 is 17.2 Å². The zero-order chi connectivity index (χ0) is 10.1. The first-order chi connectivity index (χ1) is 5.95. The molecule has 1 aromatic rings. The lowest BCUT2D eigenvalue weighted by Gasteiger charge is -2.21. The Morgan fingerprint density at radius 1 is 1.31 bits per heavy atom. The second-order valence-electron chi connectivity index (χ2n) is 3.13. The molecule has 0 unspecified atom stereocenters. The van der Waals surface area contributed by atoms with E-state index < -0.39 is 5.79 Å². The maximum atomic E-state index is 5.56. The van der Waals surface area contributed by atoms with Gasteiger partial charge in [-0.3, -0.25) is 17.2 Å². The lowest BCUT2D eigenvalue weighted by Crippen LogP contribution is -2.54. The van der Waals surface area contributed by atoms with E-state index in [1.54, 1.807) is 12.1 Å². The van der Waals surface area contributed by atoms with E-state index in [1.807, 2.05) is 13.0 Å². The molecule has 0 aliphatic heterocycles. The third kappa shape index (κ3) is 2.07. The molecule has 0 bridgehead atoms. The van der Waals surface area contributed by atoms with Crippen LogP contribution in [0.15, 0.2) is 18.2 Å². The number of nitrogens with two attached hydrogens (primary N) is 3. The van der Waals surface area contributed by atoms with Gasteiger partial charge in [-0.2, -0.15) is 0 Å². The van der Waals surface area contributed by atoms with Gasteiger partial charge in [-0.15, -0.1) is 6.42 Å². The summed E-state index contributed by atoms with van der Waals surface area (Å²) in [5, 5.41) is 0. The summed E-state index contributed by atoms with van der Waals surface area (Å²) in [5.74, 6) is 1.12. The fourth-order valence-electron chi connectivity index (χ4n) is 1.14. The SMILES string of the molecule is C#Cc1ccc(C)cc1C(N)(N)N. The lowest BCUT2D eigenvalue weighted by atomic mass is 10.00. The third-order valence-electron chi connectivity index (χ3n) is 1.80. The zero-order valence-electron chi connectivity index (χ0n) is 7.54. The molecule has 0 amide bonds. The molecule has 0 heterocycles. The molecule has 6 N–H and O–H groups in total. The highest BCUT2D eigenvalue weighted by molar-refractivity contribution is 5.44. The average molecular weight is 175 g/mol. The first-order valence-electron chi connectivity index (χ1n) is 3.89. The first-order valence-corrected chi connectivity index (χ1v) is 3.89. The van der Waals surface area contributed by atoms with Crippen LogP contribution in [0.5, 0.6) is 0 Å². The average Bonchev–Trinajstić information content (AvgIpc) is 2.03. The van der Waals surface area contributed by atoms with Gasteiger partial charge >= 0.3 is 0 Å². The van der Waals surface area contributed by atoms with E-state index in [2.05, 4.69) is 5.92 Å². The van der Waals surface area contributed by atoms with Crippen LogP contribution in [0.2, 0.25) is 0 Å². The van der Waals surface area contributed by atoms with Gasteiger partial charge in [0.1, 0.15) is 5.79 Å². The summed E-state index contributed by atoms with van der Waals surface area (Å²) >= 11 is 0. The van der Waals surface area contributed by atoms with Gasteiger partial charge in [0, 0.05) is 11.1 Å². The Bertz CT molecular complexity index is 355. The van der Waals surface area contributed by atoms with Crippen molar-refractivity contribution in [1.82, 2.24) is 0 Å². The second kappa shape index (κ2) is 3.19. The molecule has 0 aromatic heterocycles. The summed E-state index contributed by atoms with van der Waals surface area (Å²) in [6.45, 7) is 1.93. The molecule has 0 saturated heterocycles. The molecule has 0 aliphatic rings. The minimum Gasteiger partial charge on any atom is -0.297 e. The van der Waals surface area contributed by atoms with Crippen LogP contribution in [-0.4, -0.2) is 0 Å². The molecule has 13 heavy (non-hydrogen) atoms. The summed E-state index contributed by atoms with van der Waals surface area (Å²) in [7, 11) is 0. The highest BCUT2D eigenvalue weighted by atomic mass is 15.1. The molecule has 0 fully saturated rings. The monoisotopic (exact) mass is 175 g/mol. The lowest BCUT2D eigenvalue weighted by molar-refractivity contribution is 0.487. The van der Waals surface area contributed by atoms with Crippen molar-refractivity contribution < 1.29 is 0 Å². The molecular weight excluding hydrogens is 162 g/mol.